The monoisotopic (exact) mass is 366 g/mol. The van der Waals surface area contributed by atoms with Crippen molar-refractivity contribution in [2.75, 3.05) is 13.1 Å². The molecule has 1 aromatic carbocycles. The van der Waals surface area contributed by atoms with Crippen LogP contribution in [0.4, 0.5) is 0 Å². The number of sulfonamides is 1. The van der Waals surface area contributed by atoms with Gasteiger partial charge in [0.05, 0.1) is 4.90 Å². The smallest absolute Gasteiger partial charge is 0.263 e. The Balaban J connectivity index is 1.85. The fourth-order valence-electron chi connectivity index (χ4n) is 2.76. The van der Waals surface area contributed by atoms with E-state index >= 15 is 0 Å². The summed E-state index contributed by atoms with van der Waals surface area (Å²) in [5.41, 5.74) is 6.25. The first-order chi connectivity index (χ1) is 11.8. The molecule has 138 valence electrons. The van der Waals surface area contributed by atoms with Crippen LogP contribution in [-0.2, 0) is 14.8 Å². The number of aliphatic imine (C=N–C) groups is 1. The number of carbonyl (C=O) groups excluding carboxylic acids is 1. The Labute approximate surface area is 149 Å². The number of carbonyl (C=O) groups is 1. The first kappa shape index (κ1) is 19.4. The van der Waals surface area contributed by atoms with E-state index in [1.807, 2.05) is 0 Å². The van der Waals surface area contributed by atoms with Gasteiger partial charge >= 0.3 is 0 Å². The molecular weight excluding hydrogens is 340 g/mol. The van der Waals surface area contributed by atoms with Crippen molar-refractivity contribution >= 4 is 21.8 Å². The van der Waals surface area contributed by atoms with Gasteiger partial charge in [-0.1, -0.05) is 26.0 Å². The third kappa shape index (κ3) is 5.27. The molecule has 8 heteroatoms. The highest BCUT2D eigenvalue weighted by atomic mass is 32.2. The van der Waals surface area contributed by atoms with Crippen LogP contribution in [0.3, 0.4) is 0 Å². The predicted molar refractivity (Wildman–Crippen MR) is 97.8 cm³/mol. The maximum atomic E-state index is 12.0. The van der Waals surface area contributed by atoms with Gasteiger partial charge in [-0.2, -0.15) is 0 Å². The van der Waals surface area contributed by atoms with Gasteiger partial charge in [-0.05, 0) is 30.9 Å². The van der Waals surface area contributed by atoms with Crippen LogP contribution in [0.1, 0.15) is 38.7 Å². The van der Waals surface area contributed by atoms with Gasteiger partial charge in [-0.25, -0.2) is 8.42 Å². The SMILES string of the molecule is CC(C)CC(CN)NC(=O)CCCN=C1NS(=O)(=O)c2ccccc21. The highest BCUT2D eigenvalue weighted by Gasteiger charge is 2.29. The van der Waals surface area contributed by atoms with E-state index in [9.17, 15) is 13.2 Å². The summed E-state index contributed by atoms with van der Waals surface area (Å²) in [7, 11) is -3.51. The lowest BCUT2D eigenvalue weighted by Crippen LogP contribution is -2.41. The minimum atomic E-state index is -3.51. The van der Waals surface area contributed by atoms with Crippen LogP contribution >= 0.6 is 0 Å². The number of amides is 1. The summed E-state index contributed by atoms with van der Waals surface area (Å²) in [6, 6.07) is 6.71. The zero-order valence-corrected chi connectivity index (χ0v) is 15.5. The molecule has 0 aromatic heterocycles. The molecule has 2 rings (SSSR count). The Hall–Kier alpha value is -1.93. The molecule has 0 spiro atoms. The van der Waals surface area contributed by atoms with Gasteiger partial charge in [-0.3, -0.25) is 14.5 Å². The predicted octanol–water partition coefficient (Wildman–Crippen LogP) is 0.995. The zero-order chi connectivity index (χ0) is 18.4. The lowest BCUT2D eigenvalue weighted by molar-refractivity contribution is -0.121. The van der Waals surface area contributed by atoms with Crippen LogP contribution in [-0.4, -0.2) is 39.3 Å². The number of nitrogens with one attached hydrogen (secondary N) is 2. The summed E-state index contributed by atoms with van der Waals surface area (Å²) in [5, 5.41) is 2.93. The van der Waals surface area contributed by atoms with Gasteiger partial charge in [0.2, 0.25) is 5.91 Å². The largest absolute Gasteiger partial charge is 0.352 e. The van der Waals surface area contributed by atoms with Crippen molar-refractivity contribution < 1.29 is 13.2 Å². The minimum Gasteiger partial charge on any atom is -0.352 e. The van der Waals surface area contributed by atoms with Crippen molar-refractivity contribution in [2.45, 2.75) is 44.0 Å². The molecule has 1 aliphatic heterocycles. The molecule has 1 amide bonds. The summed E-state index contributed by atoms with van der Waals surface area (Å²) in [5.74, 6) is 0.759. The second-order valence-electron chi connectivity index (χ2n) is 6.57. The molecule has 1 aliphatic rings. The number of nitrogens with two attached hydrogens (primary N) is 1. The number of nitrogens with zero attached hydrogens (tertiary/aromatic N) is 1. The molecule has 1 atom stereocenters. The van der Waals surface area contributed by atoms with Crippen LogP contribution in [0.15, 0.2) is 34.2 Å². The molecule has 0 radical (unpaired) electrons. The zero-order valence-electron chi connectivity index (χ0n) is 14.7. The summed E-state index contributed by atoms with van der Waals surface area (Å²) in [6.45, 7) is 4.97. The third-order valence-corrected chi connectivity index (χ3v) is 5.30. The van der Waals surface area contributed by atoms with Gasteiger partial charge in [0.15, 0.2) is 0 Å². The first-order valence-electron chi connectivity index (χ1n) is 8.49. The number of hydrogen-bond acceptors (Lipinski definition) is 5. The number of hydrogen-bond donors (Lipinski definition) is 3. The molecule has 0 fully saturated rings. The summed E-state index contributed by atoms with van der Waals surface area (Å²) >= 11 is 0. The molecule has 0 saturated carbocycles. The van der Waals surface area contributed by atoms with E-state index in [1.165, 1.54) is 0 Å². The molecule has 0 bridgehead atoms. The third-order valence-electron chi connectivity index (χ3n) is 3.90. The maximum Gasteiger partial charge on any atom is 0.263 e. The van der Waals surface area contributed by atoms with Crippen LogP contribution in [0, 0.1) is 5.92 Å². The standard InChI is InChI=1S/C17H26N4O3S/c1-12(2)10-13(11-18)20-16(22)8-5-9-19-17-14-6-3-4-7-15(14)25(23,24)21-17/h3-4,6-7,12-13H,5,8-11,18H2,1-2H3,(H,19,21)(H,20,22). The normalized spacial score (nSPS) is 18.0. The van der Waals surface area contributed by atoms with Crippen molar-refractivity contribution in [3.05, 3.63) is 29.8 Å². The molecule has 25 heavy (non-hydrogen) atoms. The fraction of sp³-hybridized carbons (Fsp3) is 0.529. The quantitative estimate of drug-likeness (QED) is 0.595. The van der Waals surface area contributed by atoms with Gasteiger partial charge in [0.25, 0.3) is 10.0 Å². The average molecular weight is 366 g/mol. The van der Waals surface area contributed by atoms with Crippen molar-refractivity contribution in [3.8, 4) is 0 Å². The summed E-state index contributed by atoms with van der Waals surface area (Å²) < 4.78 is 26.4. The topological polar surface area (TPSA) is 114 Å². The van der Waals surface area contributed by atoms with Crippen LogP contribution < -0.4 is 15.8 Å². The first-order valence-corrected chi connectivity index (χ1v) is 9.98. The van der Waals surface area contributed by atoms with Gasteiger partial charge < -0.3 is 11.1 Å². The Morgan fingerprint density at radius 2 is 2.04 bits per heavy atom. The van der Waals surface area contributed by atoms with E-state index in [4.69, 9.17) is 5.73 Å². The van der Waals surface area contributed by atoms with Crippen molar-refractivity contribution in [3.63, 3.8) is 0 Å². The fourth-order valence-corrected chi connectivity index (χ4v) is 4.02. The second-order valence-corrected chi connectivity index (χ2v) is 8.22. The number of benzene rings is 1. The van der Waals surface area contributed by atoms with E-state index in [-0.39, 0.29) is 16.8 Å². The molecule has 7 nitrogen and oxygen atoms in total. The van der Waals surface area contributed by atoms with Crippen LogP contribution in [0.25, 0.3) is 0 Å². The Kier molecular flexibility index (Phi) is 6.55. The molecule has 0 saturated heterocycles. The maximum absolute atomic E-state index is 12.0. The lowest BCUT2D eigenvalue weighted by Gasteiger charge is -2.18. The van der Waals surface area contributed by atoms with E-state index in [0.29, 0.717) is 43.2 Å². The van der Waals surface area contributed by atoms with Gasteiger partial charge in [0.1, 0.15) is 5.84 Å². The van der Waals surface area contributed by atoms with Crippen LogP contribution in [0.2, 0.25) is 0 Å². The van der Waals surface area contributed by atoms with Gasteiger partial charge in [-0.15, -0.1) is 0 Å². The Morgan fingerprint density at radius 3 is 2.72 bits per heavy atom. The van der Waals surface area contributed by atoms with E-state index in [1.54, 1.807) is 24.3 Å². The van der Waals surface area contributed by atoms with Crippen LogP contribution in [0.5, 0.6) is 0 Å². The molecule has 4 N–H and O–H groups in total. The van der Waals surface area contributed by atoms with E-state index < -0.39 is 10.0 Å². The van der Waals surface area contributed by atoms with Crippen molar-refractivity contribution in [2.24, 2.45) is 16.6 Å². The summed E-state index contributed by atoms with van der Waals surface area (Å²) in [6.07, 6.45) is 1.72. The number of amidine groups is 1. The molecule has 1 unspecified atom stereocenters. The molecule has 0 aliphatic carbocycles. The average Bonchev–Trinajstić information content (AvgIpc) is 2.82. The summed E-state index contributed by atoms with van der Waals surface area (Å²) in [4.78, 5) is 16.5. The van der Waals surface area contributed by atoms with Gasteiger partial charge in [0, 0.05) is 31.1 Å². The Bertz CT molecular complexity index is 744. The number of fused-ring (bicyclic) bond motifs is 1. The molecule has 1 heterocycles. The van der Waals surface area contributed by atoms with E-state index in [2.05, 4.69) is 28.9 Å². The minimum absolute atomic E-state index is 0.00710. The highest BCUT2D eigenvalue weighted by molar-refractivity contribution is 7.90. The second kappa shape index (κ2) is 8.44. The van der Waals surface area contributed by atoms with E-state index in [0.717, 1.165) is 6.42 Å². The van der Waals surface area contributed by atoms with Crippen molar-refractivity contribution in [1.29, 1.82) is 0 Å². The Morgan fingerprint density at radius 1 is 1.32 bits per heavy atom. The molecular formula is C17H26N4O3S. The van der Waals surface area contributed by atoms with Crippen molar-refractivity contribution in [1.82, 2.24) is 10.0 Å². The molecule has 1 aromatic rings. The number of rotatable bonds is 8. The highest BCUT2D eigenvalue weighted by Crippen LogP contribution is 2.22. The lowest BCUT2D eigenvalue weighted by atomic mass is 10.0.